The normalized spacial score (nSPS) is 11.6. The Morgan fingerprint density at radius 2 is 0.394 bits per heavy atom. The van der Waals surface area contributed by atoms with E-state index < -0.39 is 0 Å². The molecule has 8 nitrogen and oxygen atoms in total. The van der Waals surface area contributed by atoms with Gasteiger partial charge in [0.15, 0.2) is 0 Å². The third-order valence-corrected chi connectivity index (χ3v) is 12.4. The van der Waals surface area contributed by atoms with Gasteiger partial charge in [0, 0.05) is 47.0 Å². The molecular formula is C58H34N8. The molecule has 8 heterocycles. The summed E-state index contributed by atoms with van der Waals surface area (Å²) in [5.41, 5.74) is 13.9. The highest BCUT2D eigenvalue weighted by Gasteiger charge is 2.23. The maximum absolute atomic E-state index is 5.20. The van der Waals surface area contributed by atoms with Crippen molar-refractivity contribution >= 4 is 43.1 Å². The molecule has 13 aromatic rings. The van der Waals surface area contributed by atoms with Crippen LogP contribution in [0.1, 0.15) is 0 Å². The van der Waals surface area contributed by atoms with Crippen LogP contribution in [0.5, 0.6) is 0 Å². The summed E-state index contributed by atoms with van der Waals surface area (Å²) in [5.74, 6) is 0. The van der Waals surface area contributed by atoms with E-state index in [0.717, 1.165) is 90.6 Å². The van der Waals surface area contributed by atoms with Gasteiger partial charge in [-0.05, 0) is 177 Å². The van der Waals surface area contributed by atoms with E-state index in [0.29, 0.717) is 0 Å². The predicted molar refractivity (Wildman–Crippen MR) is 265 cm³/mol. The molecule has 0 unspecified atom stereocenters. The standard InChI is InChI=1S/C58H34N8/c1-5-25-59-51(13-1)55-21-9-17-47(63-55)43-31-39-35-29-37-38(30-36(35)40(39)32-44(43)48-18-10-22-56(64-48)52-14-2-6-26-60-52)42-34-46(50-20-12-24-58(66-50)54-16-4-8-28-62-54)45(33-41(37)42)49-19-11-23-57(65-49)53-15-3-7-27-61-53/h1-34H. The summed E-state index contributed by atoms with van der Waals surface area (Å²) in [4.78, 5) is 39.3. The minimum atomic E-state index is 0.809. The molecule has 0 spiro atoms. The molecule has 8 heteroatoms. The molecule has 0 atom stereocenters. The van der Waals surface area contributed by atoms with Crippen molar-refractivity contribution in [3.05, 3.63) is 207 Å². The van der Waals surface area contributed by atoms with Crippen molar-refractivity contribution in [3.8, 4) is 90.6 Å². The van der Waals surface area contributed by atoms with Gasteiger partial charge in [0.05, 0.1) is 68.3 Å². The van der Waals surface area contributed by atoms with Crippen molar-refractivity contribution in [2.45, 2.75) is 0 Å². The lowest BCUT2D eigenvalue weighted by atomic mass is 9.82. The summed E-state index contributed by atoms with van der Waals surface area (Å²) >= 11 is 0. The van der Waals surface area contributed by atoms with E-state index in [-0.39, 0.29) is 0 Å². The van der Waals surface area contributed by atoms with E-state index in [9.17, 15) is 0 Å². The van der Waals surface area contributed by atoms with Gasteiger partial charge in [0.2, 0.25) is 0 Å². The molecule has 0 saturated heterocycles. The number of aromatic nitrogens is 8. The minimum Gasteiger partial charge on any atom is -0.255 e. The molecule has 8 aromatic heterocycles. The van der Waals surface area contributed by atoms with Crippen molar-refractivity contribution in [1.82, 2.24) is 39.9 Å². The van der Waals surface area contributed by atoms with E-state index in [2.05, 4.69) is 105 Å². The van der Waals surface area contributed by atoms with Crippen LogP contribution in [0.15, 0.2) is 207 Å². The Bertz CT molecular complexity index is 3410. The van der Waals surface area contributed by atoms with Crippen molar-refractivity contribution < 1.29 is 0 Å². The van der Waals surface area contributed by atoms with Crippen LogP contribution in [0.4, 0.5) is 0 Å². The molecule has 66 heavy (non-hydrogen) atoms. The third-order valence-electron chi connectivity index (χ3n) is 12.4. The SMILES string of the molecule is c1ccc(-c2cccc(-c3cc4c(cc3-c3cccc(-c5ccccn5)n3)c3cc5c6cc(-c7cccc(-c8ccccn8)n7)c(-c7cccc(-c8ccccn8)n7)cc6c5cc43)n2)nc1. The third kappa shape index (κ3) is 6.31. The van der Waals surface area contributed by atoms with Crippen LogP contribution in [0.3, 0.4) is 0 Å². The second-order valence-electron chi connectivity index (χ2n) is 16.3. The predicted octanol–water partition coefficient (Wildman–Crippen LogP) is 13.7. The van der Waals surface area contributed by atoms with E-state index in [1.54, 1.807) is 24.8 Å². The van der Waals surface area contributed by atoms with Gasteiger partial charge in [-0.1, -0.05) is 48.5 Å². The molecule has 0 amide bonds. The molecular weight excluding hydrogens is 809 g/mol. The number of hydrogen-bond donors (Lipinski definition) is 0. The first-order valence-electron chi connectivity index (χ1n) is 21.8. The minimum absolute atomic E-state index is 0.809. The topological polar surface area (TPSA) is 103 Å². The van der Waals surface area contributed by atoms with Crippen LogP contribution in [0, 0.1) is 0 Å². The molecule has 0 saturated carbocycles. The number of benzene rings is 3. The highest BCUT2D eigenvalue weighted by Crippen LogP contribution is 2.49. The van der Waals surface area contributed by atoms with Gasteiger partial charge in [-0.25, -0.2) is 19.9 Å². The van der Waals surface area contributed by atoms with Crippen molar-refractivity contribution in [2.24, 2.45) is 0 Å². The van der Waals surface area contributed by atoms with Gasteiger partial charge in [-0.2, -0.15) is 0 Å². The second kappa shape index (κ2) is 15.3. The van der Waals surface area contributed by atoms with Gasteiger partial charge in [-0.3, -0.25) is 19.9 Å². The highest BCUT2D eigenvalue weighted by atomic mass is 14.8. The fourth-order valence-corrected chi connectivity index (χ4v) is 9.27. The first-order valence-corrected chi connectivity index (χ1v) is 21.8. The van der Waals surface area contributed by atoms with Crippen LogP contribution in [-0.4, -0.2) is 39.9 Å². The first kappa shape index (κ1) is 37.4. The Morgan fingerprint density at radius 1 is 0.182 bits per heavy atom. The van der Waals surface area contributed by atoms with Crippen LogP contribution in [-0.2, 0) is 0 Å². The summed E-state index contributed by atoms with van der Waals surface area (Å²) in [6.07, 6.45) is 7.21. The Kier molecular flexibility index (Phi) is 8.67. The lowest BCUT2D eigenvalue weighted by molar-refractivity contribution is 1.24. The average Bonchev–Trinajstić information content (AvgIpc) is 3.40. The lowest BCUT2D eigenvalue weighted by Gasteiger charge is -2.22. The molecule has 0 fully saturated rings. The van der Waals surface area contributed by atoms with Crippen molar-refractivity contribution in [1.29, 1.82) is 0 Å². The summed E-state index contributed by atoms with van der Waals surface area (Å²) in [5, 5.41) is 9.58. The van der Waals surface area contributed by atoms with Crippen LogP contribution < -0.4 is 0 Å². The molecule has 0 aliphatic heterocycles. The molecule has 0 radical (unpaired) electrons. The van der Waals surface area contributed by atoms with E-state index >= 15 is 0 Å². The molecule has 5 aromatic carbocycles. The van der Waals surface area contributed by atoms with E-state index in [1.807, 2.05) is 97.1 Å². The maximum atomic E-state index is 5.20. The number of fused-ring (bicyclic) bond motifs is 8. The maximum Gasteiger partial charge on any atom is 0.0893 e. The van der Waals surface area contributed by atoms with Crippen molar-refractivity contribution in [3.63, 3.8) is 0 Å². The van der Waals surface area contributed by atoms with Crippen LogP contribution in [0.25, 0.3) is 134 Å². The average molecular weight is 843 g/mol. The molecule has 306 valence electrons. The number of rotatable bonds is 8. The zero-order valence-corrected chi connectivity index (χ0v) is 35.2. The van der Waals surface area contributed by atoms with Gasteiger partial charge >= 0.3 is 0 Å². The molecule has 0 N–H and O–H groups in total. The molecule has 0 bridgehead atoms. The fraction of sp³-hybridized carbons (Fsp3) is 0. The van der Waals surface area contributed by atoms with Gasteiger partial charge in [0.25, 0.3) is 0 Å². The van der Waals surface area contributed by atoms with Gasteiger partial charge in [-0.15, -0.1) is 0 Å². The lowest BCUT2D eigenvalue weighted by Crippen LogP contribution is -1.98. The number of pyridine rings is 8. The first-order chi connectivity index (χ1) is 32.7. The van der Waals surface area contributed by atoms with E-state index in [1.165, 1.54) is 43.1 Å². The molecule has 13 rings (SSSR count). The highest BCUT2D eigenvalue weighted by molar-refractivity contribution is 6.36. The Hall–Kier alpha value is -9.14. The largest absolute Gasteiger partial charge is 0.255 e. The summed E-state index contributed by atoms with van der Waals surface area (Å²) in [6, 6.07) is 62.0. The van der Waals surface area contributed by atoms with Crippen LogP contribution >= 0.6 is 0 Å². The Balaban J connectivity index is 1.01. The van der Waals surface area contributed by atoms with E-state index in [4.69, 9.17) is 19.9 Å². The molecule has 0 aliphatic rings. The number of hydrogen-bond acceptors (Lipinski definition) is 8. The monoisotopic (exact) mass is 842 g/mol. The smallest absolute Gasteiger partial charge is 0.0893 e. The van der Waals surface area contributed by atoms with Gasteiger partial charge < -0.3 is 0 Å². The quantitative estimate of drug-likeness (QED) is 0.149. The Labute approximate surface area is 378 Å². The number of nitrogens with zero attached hydrogens (tertiary/aromatic N) is 8. The zero-order chi connectivity index (χ0) is 43.6. The fourth-order valence-electron chi connectivity index (χ4n) is 9.27. The van der Waals surface area contributed by atoms with Crippen molar-refractivity contribution in [2.75, 3.05) is 0 Å². The van der Waals surface area contributed by atoms with Gasteiger partial charge in [0.1, 0.15) is 0 Å². The Morgan fingerprint density at radius 3 is 0.621 bits per heavy atom. The summed E-state index contributed by atoms with van der Waals surface area (Å²) in [7, 11) is 0. The van der Waals surface area contributed by atoms with Crippen LogP contribution in [0.2, 0.25) is 0 Å². The summed E-state index contributed by atoms with van der Waals surface area (Å²) in [6.45, 7) is 0. The summed E-state index contributed by atoms with van der Waals surface area (Å²) < 4.78 is 0. The zero-order valence-electron chi connectivity index (χ0n) is 35.2. The second-order valence-corrected chi connectivity index (χ2v) is 16.3. The molecule has 0 aliphatic carbocycles.